The molecule has 2 N–H and O–H groups in total. The van der Waals surface area contributed by atoms with Crippen LogP contribution in [0, 0.1) is 0 Å². The molecule has 126 valence electrons. The first-order valence-corrected chi connectivity index (χ1v) is 6.80. The van der Waals surface area contributed by atoms with E-state index < -0.39 is 12.2 Å². The maximum absolute atomic E-state index is 13.4. The summed E-state index contributed by atoms with van der Waals surface area (Å²) in [5.74, 6) is -0.425. The fourth-order valence-corrected chi connectivity index (χ4v) is 2.67. The second-order valence-electron chi connectivity index (χ2n) is 4.78. The molecule has 1 aromatic rings. The molecule has 1 aliphatic heterocycles. The van der Waals surface area contributed by atoms with Gasteiger partial charge in [-0.1, -0.05) is 11.6 Å². The van der Waals surface area contributed by atoms with Gasteiger partial charge in [-0.05, 0) is 17.7 Å². The summed E-state index contributed by atoms with van der Waals surface area (Å²) in [7, 11) is 1.27. The number of hydrogen-bond donors (Lipinski definition) is 2. The standard InChI is InChI=1S/C13H16ClF3N2O2.ClH/c1-21-10-7-8(6-9(14)11(10)20)12(13(15,16)17)19-4-2-18-3-5-19;/h6-7,12,18,20H,2-5H2,1H3;1H/t12-;/m1./s1. The van der Waals surface area contributed by atoms with Crippen molar-refractivity contribution in [3.8, 4) is 11.5 Å². The summed E-state index contributed by atoms with van der Waals surface area (Å²) in [6, 6.07) is 0.549. The average Bonchev–Trinajstić information content (AvgIpc) is 2.42. The summed E-state index contributed by atoms with van der Waals surface area (Å²) >= 11 is 5.80. The van der Waals surface area contributed by atoms with Crippen molar-refractivity contribution >= 4 is 24.0 Å². The monoisotopic (exact) mass is 360 g/mol. The van der Waals surface area contributed by atoms with Crippen LogP contribution in [0.5, 0.6) is 11.5 Å². The van der Waals surface area contributed by atoms with Crippen molar-refractivity contribution in [2.24, 2.45) is 0 Å². The number of nitrogens with one attached hydrogen (secondary N) is 1. The van der Waals surface area contributed by atoms with Crippen molar-refractivity contribution in [3.63, 3.8) is 0 Å². The molecule has 0 unspecified atom stereocenters. The normalized spacial score (nSPS) is 17.7. The van der Waals surface area contributed by atoms with E-state index in [1.54, 1.807) is 0 Å². The number of piperazine rings is 1. The Labute approximate surface area is 137 Å². The average molecular weight is 361 g/mol. The van der Waals surface area contributed by atoms with E-state index in [0.29, 0.717) is 13.1 Å². The number of phenols is 1. The molecule has 9 heteroatoms. The summed E-state index contributed by atoms with van der Waals surface area (Å²) in [5, 5.41) is 12.5. The van der Waals surface area contributed by atoms with Crippen LogP contribution in [-0.2, 0) is 0 Å². The lowest BCUT2D eigenvalue weighted by Crippen LogP contribution is -2.49. The molecule has 0 spiro atoms. The number of rotatable bonds is 3. The molecule has 4 nitrogen and oxygen atoms in total. The predicted octanol–water partition coefficient (Wildman–Crippen LogP) is 2.98. The lowest BCUT2D eigenvalue weighted by molar-refractivity contribution is -0.187. The molecule has 1 atom stereocenters. The van der Waals surface area contributed by atoms with Crippen LogP contribution in [-0.4, -0.2) is 49.5 Å². The predicted molar refractivity (Wildman–Crippen MR) is 80.2 cm³/mol. The minimum atomic E-state index is -4.44. The molecule has 0 saturated carbocycles. The van der Waals surface area contributed by atoms with Gasteiger partial charge in [0, 0.05) is 26.2 Å². The van der Waals surface area contributed by atoms with E-state index in [9.17, 15) is 18.3 Å². The van der Waals surface area contributed by atoms with E-state index in [1.807, 2.05) is 0 Å². The van der Waals surface area contributed by atoms with Gasteiger partial charge in [0.05, 0.1) is 12.1 Å². The molecule has 2 rings (SSSR count). The van der Waals surface area contributed by atoms with Gasteiger partial charge in [-0.3, -0.25) is 4.90 Å². The maximum atomic E-state index is 13.4. The van der Waals surface area contributed by atoms with Crippen LogP contribution in [0.25, 0.3) is 0 Å². The quantitative estimate of drug-likeness (QED) is 0.869. The van der Waals surface area contributed by atoms with Crippen molar-refractivity contribution in [2.45, 2.75) is 12.2 Å². The third-order valence-electron chi connectivity index (χ3n) is 3.41. The molecular formula is C13H17Cl2F3N2O2. The molecular weight excluding hydrogens is 344 g/mol. The highest BCUT2D eigenvalue weighted by molar-refractivity contribution is 6.32. The van der Waals surface area contributed by atoms with Crippen molar-refractivity contribution < 1.29 is 23.0 Å². The zero-order chi connectivity index (χ0) is 15.6. The largest absolute Gasteiger partial charge is 0.503 e. The number of halogens is 5. The highest BCUT2D eigenvalue weighted by atomic mass is 35.5. The number of alkyl halides is 3. The summed E-state index contributed by atoms with van der Waals surface area (Å²) < 4.78 is 45.2. The summed E-state index contributed by atoms with van der Waals surface area (Å²) in [6.07, 6.45) is -4.44. The number of hydrogen-bond acceptors (Lipinski definition) is 4. The first-order valence-electron chi connectivity index (χ1n) is 6.42. The van der Waals surface area contributed by atoms with Crippen LogP contribution >= 0.6 is 24.0 Å². The lowest BCUT2D eigenvalue weighted by Gasteiger charge is -2.36. The number of ether oxygens (including phenoxy) is 1. The minimum absolute atomic E-state index is 0. The summed E-state index contributed by atoms with van der Waals surface area (Å²) in [6.45, 7) is 1.56. The Balaban J connectivity index is 0.00000242. The third kappa shape index (κ3) is 4.10. The molecule has 1 fully saturated rings. The van der Waals surface area contributed by atoms with E-state index in [0.717, 1.165) is 6.07 Å². The highest BCUT2D eigenvalue weighted by Gasteiger charge is 2.45. The topological polar surface area (TPSA) is 44.7 Å². The maximum Gasteiger partial charge on any atom is 0.408 e. The molecule has 0 aliphatic carbocycles. The molecule has 0 aromatic heterocycles. The van der Waals surface area contributed by atoms with E-state index in [4.69, 9.17) is 16.3 Å². The van der Waals surface area contributed by atoms with Gasteiger partial charge in [0.1, 0.15) is 6.04 Å². The lowest BCUT2D eigenvalue weighted by atomic mass is 10.0. The van der Waals surface area contributed by atoms with Crippen LogP contribution in [0.15, 0.2) is 12.1 Å². The highest BCUT2D eigenvalue weighted by Crippen LogP contribution is 2.43. The smallest absolute Gasteiger partial charge is 0.408 e. The van der Waals surface area contributed by atoms with E-state index in [1.165, 1.54) is 18.1 Å². The fraction of sp³-hybridized carbons (Fsp3) is 0.538. The van der Waals surface area contributed by atoms with Gasteiger partial charge in [-0.25, -0.2) is 0 Å². The van der Waals surface area contributed by atoms with Crippen molar-refractivity contribution in [3.05, 3.63) is 22.7 Å². The van der Waals surface area contributed by atoms with Crippen LogP contribution in [0.4, 0.5) is 13.2 Å². The van der Waals surface area contributed by atoms with Gasteiger partial charge in [0.15, 0.2) is 11.5 Å². The number of phenolic OH excluding ortho intramolecular Hbond substituents is 1. The summed E-state index contributed by atoms with van der Waals surface area (Å²) in [4.78, 5) is 1.35. The molecule has 22 heavy (non-hydrogen) atoms. The van der Waals surface area contributed by atoms with Crippen LogP contribution in [0.2, 0.25) is 5.02 Å². The third-order valence-corrected chi connectivity index (χ3v) is 3.70. The van der Waals surface area contributed by atoms with Crippen LogP contribution in [0.3, 0.4) is 0 Å². The molecule has 1 aliphatic rings. The SMILES string of the molecule is COc1cc([C@@H](N2CCNCC2)C(F)(F)F)cc(Cl)c1O.Cl. The Hall–Kier alpha value is -0.890. The molecule has 0 bridgehead atoms. The Bertz CT molecular complexity index is 509. The van der Waals surface area contributed by atoms with E-state index in [2.05, 4.69) is 5.32 Å². The number of benzene rings is 1. The first kappa shape index (κ1) is 19.2. The van der Waals surface area contributed by atoms with Crippen LogP contribution < -0.4 is 10.1 Å². The molecule has 1 aromatic carbocycles. The van der Waals surface area contributed by atoms with Gasteiger partial charge in [-0.2, -0.15) is 13.2 Å². The van der Waals surface area contributed by atoms with Crippen LogP contribution in [0.1, 0.15) is 11.6 Å². The van der Waals surface area contributed by atoms with E-state index in [-0.39, 0.29) is 47.6 Å². The molecule has 0 radical (unpaired) electrons. The number of methoxy groups -OCH3 is 1. The second kappa shape index (κ2) is 7.59. The fourth-order valence-electron chi connectivity index (χ4n) is 2.45. The Morgan fingerprint density at radius 1 is 1.32 bits per heavy atom. The molecule has 0 amide bonds. The van der Waals surface area contributed by atoms with Gasteiger partial charge in [-0.15, -0.1) is 12.4 Å². The number of aromatic hydroxyl groups is 1. The Morgan fingerprint density at radius 2 is 1.91 bits per heavy atom. The van der Waals surface area contributed by atoms with Crippen molar-refractivity contribution in [1.29, 1.82) is 0 Å². The van der Waals surface area contributed by atoms with Crippen molar-refractivity contribution in [1.82, 2.24) is 10.2 Å². The zero-order valence-electron chi connectivity index (χ0n) is 11.8. The van der Waals surface area contributed by atoms with Crippen molar-refractivity contribution in [2.75, 3.05) is 33.3 Å². The number of nitrogens with zero attached hydrogens (tertiary/aromatic N) is 1. The summed E-state index contributed by atoms with van der Waals surface area (Å²) in [5.41, 5.74) is -0.0379. The minimum Gasteiger partial charge on any atom is -0.503 e. The van der Waals surface area contributed by atoms with Gasteiger partial charge >= 0.3 is 6.18 Å². The first-order chi connectivity index (χ1) is 9.84. The Kier molecular flexibility index (Phi) is 6.61. The molecule has 1 saturated heterocycles. The van der Waals surface area contributed by atoms with E-state index >= 15 is 0 Å². The molecule has 1 heterocycles. The Morgan fingerprint density at radius 3 is 2.41 bits per heavy atom. The zero-order valence-corrected chi connectivity index (χ0v) is 13.4. The van der Waals surface area contributed by atoms with Gasteiger partial charge in [0.2, 0.25) is 0 Å². The van der Waals surface area contributed by atoms with Gasteiger partial charge < -0.3 is 15.2 Å². The van der Waals surface area contributed by atoms with Gasteiger partial charge in [0.25, 0.3) is 0 Å². The second-order valence-corrected chi connectivity index (χ2v) is 5.19.